The van der Waals surface area contributed by atoms with Crippen molar-refractivity contribution in [3.8, 4) is 0 Å². The van der Waals surface area contributed by atoms with Crippen LogP contribution < -0.4 is 15.7 Å². The molecule has 0 spiro atoms. The molecule has 1 N–H and O–H groups in total. The molecule has 2 aliphatic heterocycles. The Morgan fingerprint density at radius 2 is 1.50 bits per heavy atom. The van der Waals surface area contributed by atoms with Gasteiger partial charge in [0.15, 0.2) is 0 Å². The average molecular weight is 338 g/mol. The Morgan fingerprint density at radius 1 is 0.958 bits per heavy atom. The van der Waals surface area contributed by atoms with Gasteiger partial charge in [0.1, 0.15) is 0 Å². The minimum Gasteiger partial charge on any atom is -0.407 e. The summed E-state index contributed by atoms with van der Waals surface area (Å²) in [6.45, 7) is 5.55. The molecule has 0 amide bonds. The van der Waals surface area contributed by atoms with Crippen molar-refractivity contribution >= 4 is 18.7 Å². The van der Waals surface area contributed by atoms with Crippen molar-refractivity contribution in [2.45, 2.75) is 38.4 Å². The van der Waals surface area contributed by atoms with E-state index in [0.29, 0.717) is 6.04 Å². The number of hydrogen-bond donors (Lipinski definition) is 1. The van der Waals surface area contributed by atoms with Crippen molar-refractivity contribution in [2.75, 3.05) is 6.61 Å². The summed E-state index contributed by atoms with van der Waals surface area (Å²) >= 11 is 0. The monoisotopic (exact) mass is 337 g/mol. The summed E-state index contributed by atoms with van der Waals surface area (Å²) in [5, 5.41) is 6.51. The van der Waals surface area contributed by atoms with Crippen LogP contribution in [0, 0.1) is 11.8 Å². The molecule has 1 unspecified atom stereocenters. The fraction of sp³-hybridized carbons (Fsp3) is 0.429. The quantitative estimate of drug-likeness (QED) is 0.847. The van der Waals surface area contributed by atoms with Gasteiger partial charge < -0.3 is 9.74 Å². The highest BCUT2D eigenvalue weighted by atomic mass is 28.4. The van der Waals surface area contributed by atoms with E-state index in [2.05, 4.69) is 79.5 Å². The van der Waals surface area contributed by atoms with Crippen molar-refractivity contribution in [3.63, 3.8) is 0 Å². The van der Waals surface area contributed by atoms with Crippen LogP contribution in [0.3, 0.4) is 0 Å². The van der Waals surface area contributed by atoms with Crippen molar-refractivity contribution in [2.24, 2.45) is 11.8 Å². The molecule has 2 heterocycles. The molecule has 126 valence electrons. The third kappa shape index (κ3) is 2.85. The Labute approximate surface area is 146 Å². The normalized spacial score (nSPS) is 29.1. The van der Waals surface area contributed by atoms with Gasteiger partial charge in [-0.1, -0.05) is 67.6 Å². The molecule has 2 nitrogen and oxygen atoms in total. The Hall–Kier alpha value is -1.42. The van der Waals surface area contributed by atoms with E-state index in [1.165, 1.54) is 23.2 Å². The number of hydrogen-bond acceptors (Lipinski definition) is 2. The van der Waals surface area contributed by atoms with Crippen molar-refractivity contribution in [1.29, 1.82) is 0 Å². The molecule has 3 aliphatic rings. The van der Waals surface area contributed by atoms with Crippen LogP contribution in [0.4, 0.5) is 0 Å². The van der Waals surface area contributed by atoms with Crippen LogP contribution in [0.5, 0.6) is 0 Å². The smallest absolute Gasteiger partial charge is 0.252 e. The molecule has 2 aromatic carbocycles. The van der Waals surface area contributed by atoms with Gasteiger partial charge in [-0.25, -0.2) is 0 Å². The zero-order valence-electron chi connectivity index (χ0n) is 14.6. The Kier molecular flexibility index (Phi) is 4.33. The molecule has 3 heteroatoms. The van der Waals surface area contributed by atoms with Gasteiger partial charge >= 0.3 is 0 Å². The van der Waals surface area contributed by atoms with E-state index in [4.69, 9.17) is 4.43 Å². The fourth-order valence-corrected chi connectivity index (χ4v) is 7.15. The molecule has 2 atom stereocenters. The fourth-order valence-electron chi connectivity index (χ4n) is 4.31. The summed E-state index contributed by atoms with van der Waals surface area (Å²) in [5.41, 5.74) is 0. The van der Waals surface area contributed by atoms with Crippen molar-refractivity contribution in [1.82, 2.24) is 5.32 Å². The first-order valence-corrected chi connectivity index (χ1v) is 11.6. The second-order valence-electron chi connectivity index (χ2n) is 7.64. The lowest BCUT2D eigenvalue weighted by atomic mass is 9.66. The number of piperidine rings is 2. The predicted molar refractivity (Wildman–Crippen MR) is 102 cm³/mol. The van der Waals surface area contributed by atoms with E-state index in [1.54, 1.807) is 0 Å². The molecule has 1 aliphatic carbocycles. The van der Waals surface area contributed by atoms with Gasteiger partial charge in [0, 0.05) is 12.1 Å². The van der Waals surface area contributed by atoms with E-state index < -0.39 is 8.32 Å². The van der Waals surface area contributed by atoms with E-state index >= 15 is 0 Å². The van der Waals surface area contributed by atoms with Gasteiger partial charge in [-0.2, -0.15) is 0 Å². The molecule has 3 fully saturated rings. The van der Waals surface area contributed by atoms with Crippen LogP contribution in [0.15, 0.2) is 60.7 Å². The molecule has 0 aromatic heterocycles. The third-order valence-corrected chi connectivity index (χ3v) is 9.82. The lowest BCUT2D eigenvalue weighted by Gasteiger charge is -2.51. The van der Waals surface area contributed by atoms with Crippen LogP contribution in [-0.4, -0.2) is 27.0 Å². The van der Waals surface area contributed by atoms with Gasteiger partial charge in [0.2, 0.25) is 0 Å². The van der Waals surface area contributed by atoms with Crippen LogP contribution in [0.2, 0.25) is 6.55 Å². The maximum atomic E-state index is 6.76. The van der Waals surface area contributed by atoms with Crippen LogP contribution in [0.1, 0.15) is 19.8 Å². The van der Waals surface area contributed by atoms with E-state index in [9.17, 15) is 0 Å². The lowest BCUT2D eigenvalue weighted by molar-refractivity contribution is 0.0327. The number of nitrogens with one attached hydrogen (secondary N) is 1. The molecule has 5 rings (SSSR count). The molecular weight excluding hydrogens is 310 g/mol. The minimum absolute atomic E-state index is 0.502. The summed E-state index contributed by atoms with van der Waals surface area (Å²) in [6, 6.07) is 22.8. The van der Waals surface area contributed by atoms with Gasteiger partial charge in [-0.05, 0) is 41.6 Å². The van der Waals surface area contributed by atoms with Gasteiger partial charge in [-0.15, -0.1) is 0 Å². The predicted octanol–water partition coefficient (Wildman–Crippen LogP) is 2.78. The number of rotatable bonds is 5. The van der Waals surface area contributed by atoms with Crippen LogP contribution in [-0.2, 0) is 4.43 Å². The summed E-state index contributed by atoms with van der Waals surface area (Å²) in [6.07, 6.45) is 2.73. The standard InChI is InChI=1S/C21H27NOSi/c1-16-17-13-18(14-17)22-21(16)15-23-24(2,19-9-5-3-6-10-19)20-11-7-4-8-12-20/h3-12,16-18,21-22H,13-15H2,1-2H3/t16-,17?,18?,21?/m0/s1. The first kappa shape index (κ1) is 16.1. The zero-order chi connectivity index (χ0) is 16.6. The average Bonchev–Trinajstić information content (AvgIpc) is 2.61. The summed E-state index contributed by atoms with van der Waals surface area (Å²) < 4.78 is 6.76. The molecule has 2 bridgehead atoms. The van der Waals surface area contributed by atoms with Crippen LogP contribution in [0.25, 0.3) is 0 Å². The largest absolute Gasteiger partial charge is 0.407 e. The molecular formula is C21H27NOSi. The van der Waals surface area contributed by atoms with E-state index in [-0.39, 0.29) is 0 Å². The van der Waals surface area contributed by atoms with Crippen molar-refractivity contribution < 1.29 is 4.43 Å². The Bertz CT molecular complexity index is 629. The molecule has 2 aromatic rings. The molecule has 24 heavy (non-hydrogen) atoms. The van der Waals surface area contributed by atoms with Gasteiger partial charge in [0.25, 0.3) is 8.32 Å². The first-order valence-electron chi connectivity index (χ1n) is 9.18. The van der Waals surface area contributed by atoms with Crippen molar-refractivity contribution in [3.05, 3.63) is 60.7 Å². The topological polar surface area (TPSA) is 21.3 Å². The minimum atomic E-state index is -2.16. The Balaban J connectivity index is 1.57. The van der Waals surface area contributed by atoms with E-state index in [0.717, 1.165) is 24.5 Å². The summed E-state index contributed by atoms with van der Waals surface area (Å²) in [7, 11) is -2.16. The van der Waals surface area contributed by atoms with Gasteiger partial charge in [0.05, 0.1) is 6.61 Å². The highest BCUT2D eigenvalue weighted by molar-refractivity contribution is 6.96. The first-order chi connectivity index (χ1) is 11.7. The molecule has 0 radical (unpaired) electrons. The second kappa shape index (κ2) is 6.47. The summed E-state index contributed by atoms with van der Waals surface area (Å²) in [4.78, 5) is 0. The second-order valence-corrected chi connectivity index (χ2v) is 11.1. The maximum absolute atomic E-state index is 6.76. The van der Waals surface area contributed by atoms with E-state index in [1.807, 2.05) is 0 Å². The highest BCUT2D eigenvalue weighted by Gasteiger charge is 2.44. The van der Waals surface area contributed by atoms with Crippen LogP contribution >= 0.6 is 0 Å². The SMILES string of the molecule is C[C@H]1C2CC(C2)NC1CO[Si](C)(c1ccccc1)c1ccccc1. The number of fused-ring (bicyclic) bond motifs is 2. The van der Waals surface area contributed by atoms with Gasteiger partial charge in [-0.3, -0.25) is 0 Å². The summed E-state index contributed by atoms with van der Waals surface area (Å²) in [5.74, 6) is 1.63. The molecule has 2 saturated heterocycles. The Morgan fingerprint density at radius 3 is 2.00 bits per heavy atom. The lowest BCUT2D eigenvalue weighted by Crippen LogP contribution is -2.64. The third-order valence-electron chi connectivity index (χ3n) is 6.20. The molecule has 1 saturated carbocycles. The number of benzene rings is 2. The highest BCUT2D eigenvalue weighted by Crippen LogP contribution is 2.40. The zero-order valence-corrected chi connectivity index (χ0v) is 15.6. The maximum Gasteiger partial charge on any atom is 0.252 e.